The van der Waals surface area contributed by atoms with Crippen LogP contribution in [0.5, 0.6) is 0 Å². The number of hydrogen-bond donors (Lipinski definition) is 1. The van der Waals surface area contributed by atoms with Crippen LogP contribution in [0.15, 0.2) is 35.5 Å². The zero-order chi connectivity index (χ0) is 16.4. The molecule has 1 aliphatic carbocycles. The van der Waals surface area contributed by atoms with Crippen molar-refractivity contribution in [3.63, 3.8) is 0 Å². The summed E-state index contributed by atoms with van der Waals surface area (Å²) in [6, 6.07) is 0. The number of rotatable bonds is 3. The molecule has 0 spiro atoms. The number of nitrogens with zero attached hydrogens (tertiary/aromatic N) is 4. The predicted molar refractivity (Wildman–Crippen MR) is 91.3 cm³/mol. The molecule has 6 nitrogen and oxygen atoms in total. The van der Waals surface area contributed by atoms with Crippen molar-refractivity contribution in [2.24, 2.45) is 5.92 Å². The molecule has 1 unspecified atom stereocenters. The van der Waals surface area contributed by atoms with Gasteiger partial charge < -0.3 is 4.98 Å². The molecule has 2 aromatic heterocycles. The highest BCUT2D eigenvalue weighted by atomic mass is 16.1. The summed E-state index contributed by atoms with van der Waals surface area (Å²) in [5.41, 5.74) is 2.27. The van der Waals surface area contributed by atoms with Crippen molar-refractivity contribution in [1.82, 2.24) is 24.8 Å². The van der Waals surface area contributed by atoms with Crippen LogP contribution in [0.25, 0.3) is 11.5 Å². The van der Waals surface area contributed by atoms with Crippen LogP contribution >= 0.6 is 0 Å². The summed E-state index contributed by atoms with van der Waals surface area (Å²) in [6.45, 7) is 2.72. The molecule has 0 bridgehead atoms. The maximum absolute atomic E-state index is 12.5. The lowest BCUT2D eigenvalue weighted by Gasteiger charge is -2.31. The summed E-state index contributed by atoms with van der Waals surface area (Å²) in [7, 11) is 0. The van der Waals surface area contributed by atoms with Gasteiger partial charge in [0.1, 0.15) is 5.69 Å². The van der Waals surface area contributed by atoms with E-state index in [1.807, 2.05) is 0 Å². The molecule has 2 aromatic rings. The van der Waals surface area contributed by atoms with E-state index in [1.165, 1.54) is 12.8 Å². The number of aromatic amines is 1. The summed E-state index contributed by atoms with van der Waals surface area (Å²) < 4.78 is 0. The number of nitrogens with one attached hydrogen (secondary N) is 1. The maximum Gasteiger partial charge on any atom is 0.255 e. The quantitative estimate of drug-likeness (QED) is 0.874. The van der Waals surface area contributed by atoms with Crippen LogP contribution in [0, 0.1) is 5.92 Å². The molecule has 6 heteroatoms. The van der Waals surface area contributed by atoms with Crippen molar-refractivity contribution >= 4 is 0 Å². The lowest BCUT2D eigenvalue weighted by atomic mass is 9.93. The molecule has 3 heterocycles. The average Bonchev–Trinajstić information content (AvgIpc) is 2.64. The lowest BCUT2D eigenvalue weighted by Crippen LogP contribution is -2.38. The third-order valence-electron chi connectivity index (χ3n) is 4.85. The summed E-state index contributed by atoms with van der Waals surface area (Å²) in [6.07, 6.45) is 13.8. The largest absolute Gasteiger partial charge is 0.305 e. The van der Waals surface area contributed by atoms with E-state index in [2.05, 4.69) is 37.0 Å². The fourth-order valence-electron chi connectivity index (χ4n) is 3.57. The Balaban J connectivity index is 1.54. The summed E-state index contributed by atoms with van der Waals surface area (Å²) in [5.74, 6) is 1.22. The van der Waals surface area contributed by atoms with Crippen LogP contribution < -0.4 is 5.56 Å². The Morgan fingerprint density at radius 3 is 3.04 bits per heavy atom. The highest BCUT2D eigenvalue weighted by Crippen LogP contribution is 2.22. The van der Waals surface area contributed by atoms with Gasteiger partial charge in [-0.2, -0.15) is 0 Å². The first kappa shape index (κ1) is 15.2. The first-order chi connectivity index (χ1) is 11.8. The zero-order valence-electron chi connectivity index (χ0n) is 13.6. The van der Waals surface area contributed by atoms with Crippen molar-refractivity contribution in [3.8, 4) is 11.5 Å². The van der Waals surface area contributed by atoms with Crippen LogP contribution in [-0.2, 0) is 13.0 Å². The highest BCUT2D eigenvalue weighted by Gasteiger charge is 2.23. The molecule has 1 atom stereocenters. The SMILES string of the molecule is O=c1[nH]c(-c2cnccn2)nc2c1CN(CC1CC=CCC1)CC2. The van der Waals surface area contributed by atoms with Gasteiger partial charge in [0.2, 0.25) is 0 Å². The Morgan fingerprint density at radius 2 is 2.25 bits per heavy atom. The van der Waals surface area contributed by atoms with E-state index in [0.29, 0.717) is 24.0 Å². The van der Waals surface area contributed by atoms with Crippen molar-refractivity contribution in [3.05, 3.63) is 52.4 Å². The lowest BCUT2D eigenvalue weighted by molar-refractivity contribution is 0.204. The van der Waals surface area contributed by atoms with E-state index in [0.717, 1.165) is 37.2 Å². The van der Waals surface area contributed by atoms with Crippen molar-refractivity contribution in [2.75, 3.05) is 13.1 Å². The second kappa shape index (κ2) is 6.65. The van der Waals surface area contributed by atoms with Gasteiger partial charge in [0.15, 0.2) is 5.82 Å². The molecule has 0 amide bonds. The molecule has 0 fully saturated rings. The standard InChI is InChI=1S/C18H21N5O/c24-18-14-12-23(11-13-4-2-1-3-5-13)9-6-15(14)21-17(22-18)16-10-19-7-8-20-16/h1-2,7-8,10,13H,3-6,9,11-12H2,(H,21,22,24). The van der Waals surface area contributed by atoms with Gasteiger partial charge in [0.05, 0.1) is 17.5 Å². The second-order valence-electron chi connectivity index (χ2n) is 6.57. The molecule has 0 radical (unpaired) electrons. The Hall–Kier alpha value is -2.34. The van der Waals surface area contributed by atoms with Crippen LogP contribution in [0.2, 0.25) is 0 Å². The zero-order valence-corrected chi connectivity index (χ0v) is 13.6. The van der Waals surface area contributed by atoms with E-state index in [9.17, 15) is 4.79 Å². The van der Waals surface area contributed by atoms with E-state index in [4.69, 9.17) is 0 Å². The predicted octanol–water partition coefficient (Wildman–Crippen LogP) is 1.94. The van der Waals surface area contributed by atoms with Crippen molar-refractivity contribution < 1.29 is 0 Å². The topological polar surface area (TPSA) is 74.8 Å². The summed E-state index contributed by atoms with van der Waals surface area (Å²) >= 11 is 0. The van der Waals surface area contributed by atoms with Crippen molar-refractivity contribution in [1.29, 1.82) is 0 Å². The second-order valence-corrected chi connectivity index (χ2v) is 6.57. The van der Waals surface area contributed by atoms with E-state index in [-0.39, 0.29) is 5.56 Å². The molecule has 0 saturated carbocycles. The highest BCUT2D eigenvalue weighted by molar-refractivity contribution is 5.47. The molecule has 4 rings (SSSR count). The van der Waals surface area contributed by atoms with Crippen molar-refractivity contribution in [2.45, 2.75) is 32.2 Å². The third kappa shape index (κ3) is 3.14. The van der Waals surface area contributed by atoms with E-state index >= 15 is 0 Å². The maximum atomic E-state index is 12.5. The van der Waals surface area contributed by atoms with Crippen LogP contribution in [0.4, 0.5) is 0 Å². The summed E-state index contributed by atoms with van der Waals surface area (Å²) in [5, 5.41) is 0. The number of hydrogen-bond acceptors (Lipinski definition) is 5. The van der Waals surface area contributed by atoms with Crippen LogP contribution in [0.3, 0.4) is 0 Å². The van der Waals surface area contributed by atoms with E-state index in [1.54, 1.807) is 18.6 Å². The molecule has 1 aliphatic heterocycles. The first-order valence-corrected chi connectivity index (χ1v) is 8.55. The van der Waals surface area contributed by atoms with Gasteiger partial charge in [-0.1, -0.05) is 12.2 Å². The third-order valence-corrected chi connectivity index (χ3v) is 4.85. The van der Waals surface area contributed by atoms with Gasteiger partial charge >= 0.3 is 0 Å². The van der Waals surface area contributed by atoms with Gasteiger partial charge in [-0.25, -0.2) is 9.97 Å². The molecular weight excluding hydrogens is 302 g/mol. The van der Waals surface area contributed by atoms with Gasteiger partial charge in [0, 0.05) is 38.4 Å². The normalized spacial score (nSPS) is 20.8. The minimum Gasteiger partial charge on any atom is -0.305 e. The number of aromatic nitrogens is 4. The van der Waals surface area contributed by atoms with Crippen LogP contribution in [-0.4, -0.2) is 37.9 Å². The molecular formula is C18H21N5O. The number of H-pyrrole nitrogens is 1. The summed E-state index contributed by atoms with van der Waals surface area (Å²) in [4.78, 5) is 30.7. The first-order valence-electron chi connectivity index (χ1n) is 8.55. The smallest absolute Gasteiger partial charge is 0.255 e. The fraction of sp³-hybridized carbons (Fsp3) is 0.444. The monoisotopic (exact) mass is 323 g/mol. The average molecular weight is 323 g/mol. The van der Waals surface area contributed by atoms with Gasteiger partial charge in [0.25, 0.3) is 5.56 Å². The molecule has 0 aromatic carbocycles. The molecule has 124 valence electrons. The Labute approximate surface area is 140 Å². The Morgan fingerprint density at radius 1 is 1.29 bits per heavy atom. The number of allylic oxidation sites excluding steroid dienone is 2. The van der Waals surface area contributed by atoms with E-state index < -0.39 is 0 Å². The fourth-order valence-corrected chi connectivity index (χ4v) is 3.57. The molecule has 24 heavy (non-hydrogen) atoms. The molecule has 2 aliphatic rings. The Kier molecular flexibility index (Phi) is 4.21. The minimum absolute atomic E-state index is 0.0473. The van der Waals surface area contributed by atoms with Crippen LogP contribution in [0.1, 0.15) is 30.5 Å². The van der Waals surface area contributed by atoms with Gasteiger partial charge in [-0.3, -0.25) is 14.7 Å². The Bertz CT molecular complexity index is 799. The minimum atomic E-state index is -0.0473. The van der Waals surface area contributed by atoms with Gasteiger partial charge in [-0.05, 0) is 25.2 Å². The number of fused-ring (bicyclic) bond motifs is 1. The molecule has 0 saturated heterocycles. The van der Waals surface area contributed by atoms with Gasteiger partial charge in [-0.15, -0.1) is 0 Å². The molecule has 1 N–H and O–H groups in total.